The molecule has 2 fully saturated rings. The molecule has 0 aromatic heterocycles. The summed E-state index contributed by atoms with van der Waals surface area (Å²) in [5.41, 5.74) is 5.78. The Balaban J connectivity index is 2.10. The van der Waals surface area contributed by atoms with Crippen LogP contribution in [0.1, 0.15) is 19.8 Å². The summed E-state index contributed by atoms with van der Waals surface area (Å²) < 4.78 is 28.1. The fourth-order valence-corrected chi connectivity index (χ4v) is 4.25. The predicted octanol–water partition coefficient (Wildman–Crippen LogP) is -1.05. The Bertz CT molecular complexity index is 355. The summed E-state index contributed by atoms with van der Waals surface area (Å²) in [6.45, 7) is 5.15. The first-order chi connectivity index (χ1) is 8.05. The summed E-state index contributed by atoms with van der Waals surface area (Å²) in [7, 11) is -3.31. The molecular formula is C10H22N4O2S. The molecule has 1 atom stereocenters. The van der Waals surface area contributed by atoms with Crippen LogP contribution >= 0.6 is 0 Å². The average Bonchev–Trinajstić information content (AvgIpc) is 2.62. The van der Waals surface area contributed by atoms with Crippen molar-refractivity contribution in [1.29, 1.82) is 0 Å². The van der Waals surface area contributed by atoms with E-state index in [2.05, 4.69) is 5.32 Å². The monoisotopic (exact) mass is 262 g/mol. The van der Waals surface area contributed by atoms with Crippen molar-refractivity contribution in [1.82, 2.24) is 13.9 Å². The van der Waals surface area contributed by atoms with Crippen LogP contribution in [0.25, 0.3) is 0 Å². The third kappa shape index (κ3) is 2.63. The molecule has 0 radical (unpaired) electrons. The van der Waals surface area contributed by atoms with Crippen LogP contribution in [-0.2, 0) is 10.2 Å². The first-order valence-electron chi connectivity index (χ1n) is 6.29. The molecule has 1 unspecified atom stereocenters. The van der Waals surface area contributed by atoms with E-state index in [9.17, 15) is 8.42 Å². The summed E-state index contributed by atoms with van der Waals surface area (Å²) >= 11 is 0. The number of hydrogen-bond donors (Lipinski definition) is 2. The van der Waals surface area contributed by atoms with E-state index >= 15 is 0 Å². The minimum Gasteiger partial charge on any atom is -0.326 e. The maximum atomic E-state index is 12.5. The Morgan fingerprint density at radius 1 is 1.47 bits per heavy atom. The van der Waals surface area contributed by atoms with Gasteiger partial charge in [0.25, 0.3) is 10.2 Å². The van der Waals surface area contributed by atoms with E-state index in [1.165, 1.54) is 4.31 Å². The van der Waals surface area contributed by atoms with Crippen molar-refractivity contribution in [3.8, 4) is 0 Å². The predicted molar refractivity (Wildman–Crippen MR) is 66.7 cm³/mol. The Kier molecular flexibility index (Phi) is 4.04. The zero-order valence-electron chi connectivity index (χ0n) is 10.3. The number of nitrogens with two attached hydrogens (primary N) is 1. The molecule has 2 rings (SSSR count). The molecule has 7 heteroatoms. The van der Waals surface area contributed by atoms with Crippen LogP contribution in [0.5, 0.6) is 0 Å². The van der Waals surface area contributed by atoms with Crippen molar-refractivity contribution in [3.63, 3.8) is 0 Å². The van der Waals surface area contributed by atoms with Gasteiger partial charge in [0.05, 0.1) is 6.04 Å². The smallest absolute Gasteiger partial charge is 0.282 e. The average molecular weight is 262 g/mol. The lowest BCUT2D eigenvalue weighted by Crippen LogP contribution is -2.61. The van der Waals surface area contributed by atoms with Gasteiger partial charge in [-0.05, 0) is 12.8 Å². The Morgan fingerprint density at radius 2 is 2.18 bits per heavy atom. The number of nitrogens with zero attached hydrogens (tertiary/aromatic N) is 2. The van der Waals surface area contributed by atoms with Crippen LogP contribution < -0.4 is 11.1 Å². The minimum absolute atomic E-state index is 0.00670. The van der Waals surface area contributed by atoms with Crippen LogP contribution in [-0.4, -0.2) is 61.8 Å². The summed E-state index contributed by atoms with van der Waals surface area (Å²) in [5, 5.41) is 3.12. The van der Waals surface area contributed by atoms with Gasteiger partial charge in [0.2, 0.25) is 0 Å². The summed E-state index contributed by atoms with van der Waals surface area (Å²) in [5.74, 6) is 0. The number of nitrogens with one attached hydrogen (secondary N) is 1. The summed E-state index contributed by atoms with van der Waals surface area (Å²) in [6, 6.07) is 0.115. The van der Waals surface area contributed by atoms with Gasteiger partial charge in [-0.2, -0.15) is 17.0 Å². The van der Waals surface area contributed by atoms with Gasteiger partial charge in [-0.1, -0.05) is 6.92 Å². The van der Waals surface area contributed by atoms with Gasteiger partial charge in [0.1, 0.15) is 0 Å². The highest BCUT2D eigenvalue weighted by molar-refractivity contribution is 7.86. The van der Waals surface area contributed by atoms with Gasteiger partial charge in [-0.3, -0.25) is 0 Å². The highest BCUT2D eigenvalue weighted by Crippen LogP contribution is 2.20. The van der Waals surface area contributed by atoms with Gasteiger partial charge in [-0.15, -0.1) is 0 Å². The molecule has 0 aromatic carbocycles. The second-order valence-electron chi connectivity index (χ2n) is 4.84. The van der Waals surface area contributed by atoms with Crippen LogP contribution in [0, 0.1) is 0 Å². The molecule has 0 saturated carbocycles. The van der Waals surface area contributed by atoms with Gasteiger partial charge in [0.15, 0.2) is 0 Å². The van der Waals surface area contributed by atoms with E-state index in [0.29, 0.717) is 19.6 Å². The molecule has 0 amide bonds. The van der Waals surface area contributed by atoms with Crippen LogP contribution in [0.15, 0.2) is 0 Å². The number of rotatable bonds is 5. The van der Waals surface area contributed by atoms with Crippen molar-refractivity contribution in [2.24, 2.45) is 5.73 Å². The zero-order valence-corrected chi connectivity index (χ0v) is 11.1. The Morgan fingerprint density at radius 3 is 2.59 bits per heavy atom. The van der Waals surface area contributed by atoms with Crippen LogP contribution in [0.3, 0.4) is 0 Å². The van der Waals surface area contributed by atoms with Crippen LogP contribution in [0.2, 0.25) is 0 Å². The first kappa shape index (κ1) is 13.2. The van der Waals surface area contributed by atoms with Gasteiger partial charge in [0, 0.05) is 38.8 Å². The first-order valence-corrected chi connectivity index (χ1v) is 7.68. The lowest BCUT2D eigenvalue weighted by atomic mass is 10.2. The molecule has 2 aliphatic rings. The molecular weight excluding hydrogens is 240 g/mol. The molecule has 100 valence electrons. The molecule has 0 bridgehead atoms. The van der Waals surface area contributed by atoms with Gasteiger partial charge < -0.3 is 11.1 Å². The molecule has 2 heterocycles. The summed E-state index contributed by atoms with van der Waals surface area (Å²) in [4.78, 5) is 0. The van der Waals surface area contributed by atoms with E-state index < -0.39 is 10.2 Å². The fourth-order valence-electron chi connectivity index (χ4n) is 2.30. The maximum Gasteiger partial charge on any atom is 0.282 e. The van der Waals surface area contributed by atoms with E-state index in [4.69, 9.17) is 5.73 Å². The van der Waals surface area contributed by atoms with Crippen LogP contribution in [0.4, 0.5) is 0 Å². The fraction of sp³-hybridized carbons (Fsp3) is 1.00. The van der Waals surface area contributed by atoms with Gasteiger partial charge in [-0.25, -0.2) is 0 Å². The Hall–Kier alpha value is -0.210. The molecule has 0 spiro atoms. The van der Waals surface area contributed by atoms with E-state index in [1.54, 1.807) is 4.31 Å². The molecule has 0 aliphatic carbocycles. The lowest BCUT2D eigenvalue weighted by Gasteiger charge is -2.38. The van der Waals surface area contributed by atoms with Crippen molar-refractivity contribution >= 4 is 10.2 Å². The van der Waals surface area contributed by atoms with Crippen molar-refractivity contribution < 1.29 is 8.42 Å². The SMILES string of the molecule is CCCN(C1CNC1)S(=O)(=O)N1CCC(N)C1. The van der Waals surface area contributed by atoms with Crippen molar-refractivity contribution in [3.05, 3.63) is 0 Å². The minimum atomic E-state index is -3.31. The van der Waals surface area contributed by atoms with E-state index in [1.807, 2.05) is 6.92 Å². The Labute approximate surface area is 103 Å². The van der Waals surface area contributed by atoms with E-state index in [-0.39, 0.29) is 12.1 Å². The highest BCUT2D eigenvalue weighted by atomic mass is 32.2. The second kappa shape index (κ2) is 5.19. The standard InChI is InChI=1S/C10H22N4O2S/c1-2-4-14(10-6-12-7-10)17(15,16)13-5-3-9(11)8-13/h9-10,12H,2-8,11H2,1H3. The molecule has 2 saturated heterocycles. The molecule has 17 heavy (non-hydrogen) atoms. The molecule has 6 nitrogen and oxygen atoms in total. The second-order valence-corrected chi connectivity index (χ2v) is 6.72. The molecule has 0 aromatic rings. The highest BCUT2D eigenvalue weighted by Gasteiger charge is 2.39. The largest absolute Gasteiger partial charge is 0.326 e. The van der Waals surface area contributed by atoms with Crippen molar-refractivity contribution in [2.45, 2.75) is 31.8 Å². The molecule has 2 aliphatic heterocycles. The maximum absolute atomic E-state index is 12.5. The normalized spacial score (nSPS) is 27.6. The lowest BCUT2D eigenvalue weighted by molar-refractivity contribution is 0.227. The zero-order chi connectivity index (χ0) is 12.5. The quantitative estimate of drug-likeness (QED) is 0.662. The van der Waals surface area contributed by atoms with E-state index in [0.717, 1.165) is 25.9 Å². The van der Waals surface area contributed by atoms with Crippen molar-refractivity contribution in [2.75, 3.05) is 32.7 Å². The topological polar surface area (TPSA) is 78.7 Å². The third-order valence-electron chi connectivity index (χ3n) is 3.42. The number of hydrogen-bond acceptors (Lipinski definition) is 4. The van der Waals surface area contributed by atoms with Gasteiger partial charge >= 0.3 is 0 Å². The molecule has 3 N–H and O–H groups in total. The third-order valence-corrected chi connectivity index (χ3v) is 5.48. The summed E-state index contributed by atoms with van der Waals surface area (Å²) in [6.07, 6.45) is 1.61.